The summed E-state index contributed by atoms with van der Waals surface area (Å²) in [5.41, 5.74) is 1.88. The molecule has 0 amide bonds. The topological polar surface area (TPSA) is 85.1 Å². The summed E-state index contributed by atoms with van der Waals surface area (Å²) in [5.74, 6) is 3.10. The summed E-state index contributed by atoms with van der Waals surface area (Å²) in [4.78, 5) is 4.63. The molecule has 1 aliphatic rings. The number of nitrogens with one attached hydrogen (secondary N) is 2. The van der Waals surface area contributed by atoms with Gasteiger partial charge in [0.25, 0.3) is 0 Å². The highest BCUT2D eigenvalue weighted by Gasteiger charge is 2.13. The molecule has 0 unspecified atom stereocenters. The molecule has 1 aromatic carbocycles. The lowest BCUT2D eigenvalue weighted by Crippen LogP contribution is -2.37. The average Bonchev–Trinajstić information content (AvgIpc) is 3.30. The number of ether oxygens (including phenoxy) is 2. The number of hydrogen-bond donors (Lipinski definition) is 2. The van der Waals surface area contributed by atoms with E-state index in [1.807, 2.05) is 53.9 Å². The van der Waals surface area contributed by atoms with E-state index in [9.17, 15) is 0 Å². The number of guanidine groups is 1. The molecule has 0 radical (unpaired) electrons. The molecule has 0 fully saturated rings. The van der Waals surface area contributed by atoms with Gasteiger partial charge in [-0.15, -0.1) is 34.2 Å². The Hall–Kier alpha value is -2.56. The molecule has 9 heteroatoms. The average molecular weight is 480 g/mol. The second kappa shape index (κ2) is 8.89. The lowest BCUT2D eigenvalue weighted by molar-refractivity contribution is 0.174. The molecule has 0 aliphatic carbocycles. The van der Waals surface area contributed by atoms with Crippen LogP contribution in [0, 0.1) is 0 Å². The number of benzene rings is 1. The first kappa shape index (κ1) is 19.2. The molecule has 1 aliphatic heterocycles. The molecule has 0 spiro atoms. The van der Waals surface area contributed by atoms with Crippen molar-refractivity contribution in [2.45, 2.75) is 20.0 Å². The van der Waals surface area contributed by atoms with Crippen LogP contribution in [0.15, 0.2) is 47.6 Å². The van der Waals surface area contributed by atoms with Crippen LogP contribution in [0.4, 0.5) is 0 Å². The first-order valence-corrected chi connectivity index (χ1v) is 8.53. The fraction of sp³-hybridized carbons (Fsp3) is 0.278. The van der Waals surface area contributed by atoms with Crippen LogP contribution in [-0.4, -0.2) is 33.9 Å². The third-order valence-electron chi connectivity index (χ3n) is 4.00. The Morgan fingerprint density at radius 2 is 2.04 bits per heavy atom. The van der Waals surface area contributed by atoms with Gasteiger partial charge in [-0.05, 0) is 36.8 Å². The summed E-state index contributed by atoms with van der Waals surface area (Å²) in [7, 11) is 0. The number of aliphatic imine (C=N–C) groups is 1. The Morgan fingerprint density at radius 3 is 2.93 bits per heavy atom. The molecule has 4 rings (SSSR count). The van der Waals surface area contributed by atoms with Gasteiger partial charge >= 0.3 is 0 Å². The first-order valence-electron chi connectivity index (χ1n) is 8.53. The van der Waals surface area contributed by atoms with Crippen molar-refractivity contribution in [3.63, 3.8) is 0 Å². The van der Waals surface area contributed by atoms with E-state index in [0.29, 0.717) is 13.1 Å². The van der Waals surface area contributed by atoms with Crippen molar-refractivity contribution in [3.8, 4) is 11.5 Å². The van der Waals surface area contributed by atoms with E-state index in [0.717, 1.165) is 41.0 Å². The van der Waals surface area contributed by atoms with Crippen LogP contribution in [0.5, 0.6) is 11.5 Å². The van der Waals surface area contributed by atoms with Crippen molar-refractivity contribution < 1.29 is 9.47 Å². The van der Waals surface area contributed by atoms with E-state index in [1.54, 1.807) is 0 Å². The normalized spacial score (nSPS) is 12.7. The maximum atomic E-state index is 5.41. The van der Waals surface area contributed by atoms with Crippen molar-refractivity contribution in [2.24, 2.45) is 4.99 Å². The molecule has 8 nitrogen and oxygen atoms in total. The summed E-state index contributed by atoms with van der Waals surface area (Å²) < 4.78 is 12.7. The number of aromatic nitrogens is 3. The summed E-state index contributed by atoms with van der Waals surface area (Å²) >= 11 is 0. The van der Waals surface area contributed by atoms with Crippen LogP contribution in [-0.2, 0) is 13.1 Å². The molecule has 0 saturated carbocycles. The maximum Gasteiger partial charge on any atom is 0.231 e. The summed E-state index contributed by atoms with van der Waals surface area (Å²) in [6, 6.07) is 11.7. The van der Waals surface area contributed by atoms with Crippen LogP contribution in [0.2, 0.25) is 0 Å². The largest absolute Gasteiger partial charge is 0.454 e. The van der Waals surface area contributed by atoms with Gasteiger partial charge in [-0.3, -0.25) is 4.40 Å². The fourth-order valence-corrected chi connectivity index (χ4v) is 2.73. The number of fused-ring (bicyclic) bond motifs is 2. The highest BCUT2D eigenvalue weighted by Crippen LogP contribution is 2.32. The molecule has 3 aromatic rings. The van der Waals surface area contributed by atoms with Crippen molar-refractivity contribution >= 4 is 35.6 Å². The van der Waals surface area contributed by atoms with Gasteiger partial charge in [0, 0.05) is 12.7 Å². The van der Waals surface area contributed by atoms with E-state index in [2.05, 4.69) is 25.8 Å². The SMILES string of the molecule is CCNC(=NCc1ccc2c(c1)OCO2)NCc1nnc2ccccn12.I. The van der Waals surface area contributed by atoms with Gasteiger partial charge in [0.1, 0.15) is 0 Å². The monoisotopic (exact) mass is 480 g/mol. The van der Waals surface area contributed by atoms with Crippen molar-refractivity contribution in [1.82, 2.24) is 25.2 Å². The number of rotatable bonds is 5. The van der Waals surface area contributed by atoms with E-state index in [-0.39, 0.29) is 30.8 Å². The molecule has 2 aromatic heterocycles. The summed E-state index contributed by atoms with van der Waals surface area (Å²) in [6.45, 7) is 4.14. The van der Waals surface area contributed by atoms with E-state index in [4.69, 9.17) is 9.47 Å². The van der Waals surface area contributed by atoms with Gasteiger partial charge in [-0.25, -0.2) is 4.99 Å². The molecule has 27 heavy (non-hydrogen) atoms. The zero-order valence-electron chi connectivity index (χ0n) is 14.9. The molecular formula is C18H21IN6O2. The van der Waals surface area contributed by atoms with Gasteiger partial charge in [0.05, 0.1) is 13.1 Å². The Kier molecular flexibility index (Phi) is 6.32. The maximum absolute atomic E-state index is 5.41. The van der Waals surface area contributed by atoms with E-state index >= 15 is 0 Å². The minimum Gasteiger partial charge on any atom is -0.454 e. The fourth-order valence-electron chi connectivity index (χ4n) is 2.73. The minimum atomic E-state index is 0. The third kappa shape index (κ3) is 4.41. The highest BCUT2D eigenvalue weighted by molar-refractivity contribution is 14.0. The standard InChI is InChI=1S/C18H20N6O2.HI/c1-2-19-18(20-10-13-6-7-14-15(9-13)26-12-25-14)21-11-17-23-22-16-5-3-4-8-24(16)17;/h3-9H,2,10-12H2,1H3,(H2,19,20,21);1H. The quantitative estimate of drug-likeness (QED) is 0.332. The number of halogens is 1. The van der Waals surface area contributed by atoms with Crippen molar-refractivity contribution in [3.05, 3.63) is 54.0 Å². The van der Waals surface area contributed by atoms with Gasteiger partial charge in [-0.1, -0.05) is 12.1 Å². The van der Waals surface area contributed by atoms with Crippen LogP contribution < -0.4 is 20.1 Å². The Labute approximate surface area is 174 Å². The predicted octanol–water partition coefficient (Wildman–Crippen LogP) is 2.33. The molecule has 0 saturated heterocycles. The summed E-state index contributed by atoms with van der Waals surface area (Å²) in [6.07, 6.45) is 1.95. The second-order valence-electron chi connectivity index (χ2n) is 5.78. The zero-order chi connectivity index (χ0) is 17.8. The molecular weight excluding hydrogens is 459 g/mol. The Balaban J connectivity index is 0.00000210. The number of pyridine rings is 1. The minimum absolute atomic E-state index is 0. The van der Waals surface area contributed by atoms with E-state index in [1.165, 1.54) is 0 Å². The lowest BCUT2D eigenvalue weighted by atomic mass is 10.2. The van der Waals surface area contributed by atoms with Gasteiger partial charge in [-0.2, -0.15) is 0 Å². The molecule has 0 atom stereocenters. The number of nitrogens with zero attached hydrogens (tertiary/aromatic N) is 4. The van der Waals surface area contributed by atoms with Crippen LogP contribution >= 0.6 is 24.0 Å². The van der Waals surface area contributed by atoms with Gasteiger partial charge in [0.2, 0.25) is 6.79 Å². The Bertz CT molecular complexity index is 943. The second-order valence-corrected chi connectivity index (χ2v) is 5.78. The molecule has 3 heterocycles. The number of hydrogen-bond acceptors (Lipinski definition) is 5. The predicted molar refractivity (Wildman–Crippen MR) is 113 cm³/mol. The highest BCUT2D eigenvalue weighted by atomic mass is 127. The van der Waals surface area contributed by atoms with Gasteiger partial charge in [0.15, 0.2) is 28.9 Å². The zero-order valence-corrected chi connectivity index (χ0v) is 17.2. The van der Waals surface area contributed by atoms with Crippen molar-refractivity contribution in [1.29, 1.82) is 0 Å². The first-order chi connectivity index (χ1) is 12.8. The molecule has 0 bridgehead atoms. The smallest absolute Gasteiger partial charge is 0.231 e. The van der Waals surface area contributed by atoms with Crippen LogP contribution in [0.3, 0.4) is 0 Å². The summed E-state index contributed by atoms with van der Waals surface area (Å²) in [5, 5.41) is 14.9. The van der Waals surface area contributed by atoms with Crippen LogP contribution in [0.25, 0.3) is 5.65 Å². The third-order valence-corrected chi connectivity index (χ3v) is 4.00. The molecule has 2 N–H and O–H groups in total. The van der Waals surface area contributed by atoms with Gasteiger partial charge < -0.3 is 20.1 Å². The lowest BCUT2D eigenvalue weighted by Gasteiger charge is -2.10. The Morgan fingerprint density at radius 1 is 1.15 bits per heavy atom. The molecule has 142 valence electrons. The van der Waals surface area contributed by atoms with Crippen molar-refractivity contribution in [2.75, 3.05) is 13.3 Å². The van der Waals surface area contributed by atoms with E-state index < -0.39 is 0 Å². The van der Waals surface area contributed by atoms with Crippen LogP contribution in [0.1, 0.15) is 18.3 Å².